The zero-order chi connectivity index (χ0) is 12.8. The summed E-state index contributed by atoms with van der Waals surface area (Å²) in [4.78, 5) is 12.1. The molecule has 0 aliphatic carbocycles. The van der Waals surface area contributed by atoms with Crippen molar-refractivity contribution in [3.05, 3.63) is 29.1 Å². The Kier molecular flexibility index (Phi) is 2.41. The predicted octanol–water partition coefficient (Wildman–Crippen LogP) is 2.35. The van der Waals surface area contributed by atoms with E-state index < -0.39 is 11.4 Å². The minimum Gasteiger partial charge on any atom is -0.410 e. The van der Waals surface area contributed by atoms with Crippen molar-refractivity contribution in [3.63, 3.8) is 0 Å². The van der Waals surface area contributed by atoms with E-state index in [1.54, 1.807) is 20.8 Å². The molecule has 2 N–H and O–H groups in total. The van der Waals surface area contributed by atoms with Gasteiger partial charge in [0.1, 0.15) is 5.82 Å². The number of nitrogens with one attached hydrogen (secondary N) is 1. The molecular weight excluding hydrogens is 223 g/mol. The Morgan fingerprint density at radius 3 is 2.65 bits per heavy atom. The molecule has 0 amide bonds. The van der Waals surface area contributed by atoms with Crippen LogP contribution in [-0.2, 0) is 0 Å². The van der Waals surface area contributed by atoms with Crippen molar-refractivity contribution >= 4 is 17.2 Å². The topological polar surface area (TPSA) is 61.7 Å². The highest BCUT2D eigenvalue weighted by Crippen LogP contribution is 2.31. The fourth-order valence-electron chi connectivity index (χ4n) is 2.11. The fraction of sp³-hybridized carbons (Fsp3) is 0.333. The zero-order valence-electron chi connectivity index (χ0n) is 9.84. The normalized spacial score (nSPS) is 20.0. The van der Waals surface area contributed by atoms with Crippen molar-refractivity contribution in [2.45, 2.75) is 26.3 Å². The smallest absolute Gasteiger partial charge is 0.215 e. The molecule has 90 valence electrons. The maximum atomic E-state index is 13.3. The zero-order valence-corrected chi connectivity index (χ0v) is 9.84. The molecule has 0 bridgehead atoms. The van der Waals surface area contributed by atoms with Gasteiger partial charge in [0, 0.05) is 5.69 Å². The molecule has 17 heavy (non-hydrogen) atoms. The van der Waals surface area contributed by atoms with Gasteiger partial charge in [0.25, 0.3) is 0 Å². The average molecular weight is 236 g/mol. The van der Waals surface area contributed by atoms with Crippen LogP contribution in [-0.4, -0.2) is 22.2 Å². The highest BCUT2D eigenvalue weighted by atomic mass is 19.1. The van der Waals surface area contributed by atoms with Crippen LogP contribution in [0.5, 0.6) is 0 Å². The second kappa shape index (κ2) is 3.55. The quantitative estimate of drug-likeness (QED) is 0.537. The molecule has 1 aliphatic rings. The Labute approximate surface area is 98.1 Å². The third kappa shape index (κ3) is 1.67. The van der Waals surface area contributed by atoms with Gasteiger partial charge in [0.05, 0.1) is 11.1 Å². The fourth-order valence-corrected chi connectivity index (χ4v) is 2.11. The first-order valence-corrected chi connectivity index (χ1v) is 5.22. The molecule has 0 saturated carbocycles. The van der Waals surface area contributed by atoms with Gasteiger partial charge >= 0.3 is 0 Å². The van der Waals surface area contributed by atoms with Crippen molar-refractivity contribution in [2.24, 2.45) is 5.16 Å². The minimum absolute atomic E-state index is 0.0275. The number of oxime groups is 1. The number of carbonyl (C=O) groups excluding carboxylic acids is 1. The van der Waals surface area contributed by atoms with E-state index in [0.29, 0.717) is 16.8 Å². The standard InChI is InChI=1S/C12H13FN2O2/c1-6-4-7(13)5-8-9(6)10(16)11(15-17)12(2,3)14-8/h4-5,14,17H,1-3H3/b15-11+. The second-order valence-corrected chi connectivity index (χ2v) is 4.67. The van der Waals surface area contributed by atoms with Crippen LogP contribution in [0, 0.1) is 12.7 Å². The van der Waals surface area contributed by atoms with E-state index in [1.807, 2.05) is 0 Å². The lowest BCUT2D eigenvalue weighted by molar-refractivity contribution is 0.105. The van der Waals surface area contributed by atoms with Gasteiger partial charge in [-0.3, -0.25) is 4.79 Å². The lowest BCUT2D eigenvalue weighted by Crippen LogP contribution is -2.48. The molecule has 5 heteroatoms. The number of aryl methyl sites for hydroxylation is 1. The van der Waals surface area contributed by atoms with E-state index in [2.05, 4.69) is 10.5 Å². The Hall–Kier alpha value is -1.91. The second-order valence-electron chi connectivity index (χ2n) is 4.67. The van der Waals surface area contributed by atoms with E-state index in [0.717, 1.165) is 0 Å². The Morgan fingerprint density at radius 2 is 2.06 bits per heavy atom. The number of anilines is 1. The van der Waals surface area contributed by atoms with Crippen LogP contribution in [0.1, 0.15) is 29.8 Å². The van der Waals surface area contributed by atoms with E-state index in [-0.39, 0.29) is 11.5 Å². The van der Waals surface area contributed by atoms with Gasteiger partial charge in [-0.25, -0.2) is 4.39 Å². The molecule has 2 rings (SSSR count). The first-order valence-electron chi connectivity index (χ1n) is 5.22. The maximum absolute atomic E-state index is 13.3. The number of hydrogen-bond donors (Lipinski definition) is 2. The number of rotatable bonds is 0. The molecule has 0 fully saturated rings. The number of carbonyl (C=O) groups is 1. The van der Waals surface area contributed by atoms with Crippen LogP contribution < -0.4 is 5.32 Å². The molecule has 0 saturated heterocycles. The predicted molar refractivity (Wildman–Crippen MR) is 62.4 cm³/mol. The molecule has 1 heterocycles. The van der Waals surface area contributed by atoms with Crippen LogP contribution in [0.4, 0.5) is 10.1 Å². The monoisotopic (exact) mass is 236 g/mol. The first kappa shape index (κ1) is 11.6. The van der Waals surface area contributed by atoms with Gasteiger partial charge in [0.2, 0.25) is 5.78 Å². The summed E-state index contributed by atoms with van der Waals surface area (Å²) in [5.41, 5.74) is 0.524. The van der Waals surface area contributed by atoms with E-state index >= 15 is 0 Å². The van der Waals surface area contributed by atoms with Gasteiger partial charge in [-0.05, 0) is 38.5 Å². The summed E-state index contributed by atoms with van der Waals surface area (Å²) < 4.78 is 13.3. The molecule has 0 unspecified atom stereocenters. The van der Waals surface area contributed by atoms with Gasteiger partial charge < -0.3 is 10.5 Å². The van der Waals surface area contributed by atoms with Crippen molar-refractivity contribution in [1.82, 2.24) is 0 Å². The molecule has 4 nitrogen and oxygen atoms in total. The molecule has 0 aromatic heterocycles. The van der Waals surface area contributed by atoms with E-state index in [1.165, 1.54) is 12.1 Å². The number of nitrogens with zero attached hydrogens (tertiary/aromatic N) is 1. The van der Waals surface area contributed by atoms with Crippen LogP contribution in [0.2, 0.25) is 0 Å². The number of halogens is 1. The highest BCUT2D eigenvalue weighted by molar-refractivity contribution is 6.51. The third-order valence-corrected chi connectivity index (χ3v) is 2.88. The van der Waals surface area contributed by atoms with Crippen molar-refractivity contribution in [2.75, 3.05) is 5.32 Å². The summed E-state index contributed by atoms with van der Waals surface area (Å²) in [5, 5.41) is 15.0. The molecule has 0 radical (unpaired) electrons. The Bertz CT molecular complexity index is 536. The van der Waals surface area contributed by atoms with Crippen LogP contribution in [0.3, 0.4) is 0 Å². The number of ketones is 1. The van der Waals surface area contributed by atoms with E-state index in [9.17, 15) is 9.18 Å². The molecular formula is C12H13FN2O2. The van der Waals surface area contributed by atoms with Crippen molar-refractivity contribution < 1.29 is 14.4 Å². The lowest BCUT2D eigenvalue weighted by atomic mass is 9.84. The minimum atomic E-state index is -0.820. The summed E-state index contributed by atoms with van der Waals surface area (Å²) in [5.74, 6) is -0.773. The summed E-state index contributed by atoms with van der Waals surface area (Å²) in [6.07, 6.45) is 0. The maximum Gasteiger partial charge on any atom is 0.215 e. The number of Topliss-reactive ketones (excluding diaryl/α,β-unsaturated/α-hetero) is 1. The van der Waals surface area contributed by atoms with E-state index in [4.69, 9.17) is 5.21 Å². The van der Waals surface area contributed by atoms with Gasteiger partial charge in [-0.15, -0.1) is 0 Å². The first-order chi connectivity index (χ1) is 7.86. The molecule has 1 aromatic carbocycles. The average Bonchev–Trinajstić information content (AvgIpc) is 2.14. The summed E-state index contributed by atoms with van der Waals surface area (Å²) >= 11 is 0. The summed E-state index contributed by atoms with van der Waals surface area (Å²) in [6.45, 7) is 5.04. The summed E-state index contributed by atoms with van der Waals surface area (Å²) in [6, 6.07) is 2.56. The van der Waals surface area contributed by atoms with Gasteiger partial charge in [-0.1, -0.05) is 5.16 Å². The van der Waals surface area contributed by atoms with Crippen LogP contribution in [0.25, 0.3) is 0 Å². The largest absolute Gasteiger partial charge is 0.410 e. The molecule has 1 aromatic rings. The summed E-state index contributed by atoms with van der Waals surface area (Å²) in [7, 11) is 0. The number of hydrogen-bond acceptors (Lipinski definition) is 4. The SMILES string of the molecule is Cc1cc(F)cc2c1C(=O)/C(=N\O)C(C)(C)N2. The third-order valence-electron chi connectivity index (χ3n) is 2.88. The molecule has 0 atom stereocenters. The molecule has 0 spiro atoms. The molecule has 1 aliphatic heterocycles. The Morgan fingerprint density at radius 1 is 1.41 bits per heavy atom. The lowest BCUT2D eigenvalue weighted by Gasteiger charge is -2.33. The number of fused-ring (bicyclic) bond motifs is 1. The Balaban J connectivity index is 2.70. The highest BCUT2D eigenvalue weighted by Gasteiger charge is 2.39. The van der Waals surface area contributed by atoms with Gasteiger partial charge in [-0.2, -0.15) is 0 Å². The number of benzene rings is 1. The van der Waals surface area contributed by atoms with Crippen LogP contribution in [0.15, 0.2) is 17.3 Å². The van der Waals surface area contributed by atoms with Crippen molar-refractivity contribution in [3.8, 4) is 0 Å². The van der Waals surface area contributed by atoms with Crippen molar-refractivity contribution in [1.29, 1.82) is 0 Å². The van der Waals surface area contributed by atoms with Gasteiger partial charge in [0.15, 0.2) is 5.71 Å². The van der Waals surface area contributed by atoms with Crippen LogP contribution >= 0.6 is 0 Å².